The topological polar surface area (TPSA) is 70.7 Å². The van der Waals surface area contributed by atoms with Crippen molar-refractivity contribution >= 4 is 19.7 Å². The van der Waals surface area contributed by atoms with Crippen LogP contribution in [0.25, 0.3) is 28.0 Å². The van der Waals surface area contributed by atoms with E-state index in [-0.39, 0.29) is 34.7 Å². The molecule has 3 heterocycles. The molecule has 4 rings (SSSR count). The first-order chi connectivity index (χ1) is 16.6. The van der Waals surface area contributed by atoms with Crippen molar-refractivity contribution in [3.05, 3.63) is 66.0 Å². The summed E-state index contributed by atoms with van der Waals surface area (Å²) in [5.41, 5.74) is 0.526. The number of fused-ring (bicyclic) bond motifs is 1. The number of carbonyl (C=O) groups excluding carboxylic acids is 1. The minimum absolute atomic E-state index is 0.0131. The molecule has 3 aromatic heterocycles. The highest BCUT2D eigenvalue weighted by atomic mass is 28.3. The van der Waals surface area contributed by atoms with E-state index in [2.05, 4.69) is 29.7 Å². The largest absolute Gasteiger partial charge is 0.465 e. The Labute approximate surface area is 201 Å². The van der Waals surface area contributed by atoms with Gasteiger partial charge in [-0.05, 0) is 24.2 Å². The first kappa shape index (κ1) is 24.7. The van der Waals surface area contributed by atoms with E-state index in [4.69, 9.17) is 9.47 Å². The number of carbonyl (C=O) groups is 1. The highest BCUT2D eigenvalue weighted by molar-refractivity contribution is 6.76. The molecular weight excluding hydrogens is 477 g/mol. The van der Waals surface area contributed by atoms with E-state index in [1.165, 1.54) is 36.3 Å². The molecule has 1 aromatic carbocycles. The van der Waals surface area contributed by atoms with Crippen LogP contribution in [0.3, 0.4) is 0 Å². The Kier molecular flexibility index (Phi) is 6.81. The number of esters is 1. The van der Waals surface area contributed by atoms with Crippen molar-refractivity contribution < 1.29 is 27.4 Å². The molecule has 11 heteroatoms. The van der Waals surface area contributed by atoms with Gasteiger partial charge in [0.2, 0.25) is 5.95 Å². The zero-order valence-corrected chi connectivity index (χ0v) is 20.8. The van der Waals surface area contributed by atoms with Crippen molar-refractivity contribution in [3.63, 3.8) is 0 Å². The summed E-state index contributed by atoms with van der Waals surface area (Å²) in [6.07, 6.45) is 4.43. The Balaban J connectivity index is 1.71. The molecule has 0 bridgehead atoms. The van der Waals surface area contributed by atoms with Crippen molar-refractivity contribution in [2.45, 2.75) is 32.4 Å². The zero-order chi connectivity index (χ0) is 25.3. The van der Waals surface area contributed by atoms with Gasteiger partial charge in [0.1, 0.15) is 24.0 Å². The Morgan fingerprint density at radius 1 is 1.09 bits per heavy atom. The molecule has 0 aliphatic rings. The van der Waals surface area contributed by atoms with Crippen LogP contribution in [0.15, 0.2) is 42.9 Å². The standard InChI is InChI=1S/C24H25F3N4O3Si/c1-33-24(32)15-5-6-30-13-20(28-21(30)9-15)22-17(10-16(25)11-19(22)26)18-12-31(29-23(18)27)14-34-7-8-35(2,3)4/h5-6,9-13H,7-8,14H2,1-4H3. The summed E-state index contributed by atoms with van der Waals surface area (Å²) in [6, 6.07) is 5.70. The number of hydrogen-bond donors (Lipinski definition) is 0. The molecule has 0 atom stereocenters. The summed E-state index contributed by atoms with van der Waals surface area (Å²) in [5.74, 6) is -3.21. The number of halogens is 3. The molecule has 35 heavy (non-hydrogen) atoms. The Bertz CT molecular complexity index is 1390. The average Bonchev–Trinajstić information content (AvgIpc) is 3.37. The summed E-state index contributed by atoms with van der Waals surface area (Å²) in [5, 5.41) is 3.81. The first-order valence-electron chi connectivity index (χ1n) is 10.9. The molecule has 4 aromatic rings. The van der Waals surface area contributed by atoms with Gasteiger partial charge >= 0.3 is 5.97 Å². The molecule has 0 fully saturated rings. The highest BCUT2D eigenvalue weighted by Gasteiger charge is 2.22. The van der Waals surface area contributed by atoms with E-state index in [1.807, 2.05) is 0 Å². The third-order valence-corrected chi connectivity index (χ3v) is 7.12. The van der Waals surface area contributed by atoms with Crippen LogP contribution in [-0.2, 0) is 16.2 Å². The van der Waals surface area contributed by atoms with E-state index >= 15 is 4.39 Å². The smallest absolute Gasteiger partial charge is 0.338 e. The van der Waals surface area contributed by atoms with Crippen molar-refractivity contribution in [2.24, 2.45) is 0 Å². The van der Waals surface area contributed by atoms with E-state index in [0.29, 0.717) is 18.3 Å². The number of nitrogens with zero attached hydrogens (tertiary/aromatic N) is 4. The summed E-state index contributed by atoms with van der Waals surface area (Å²) in [6.45, 7) is 7.19. The fourth-order valence-corrected chi connectivity index (χ4v) is 4.33. The minimum Gasteiger partial charge on any atom is -0.465 e. The molecule has 0 aliphatic carbocycles. The van der Waals surface area contributed by atoms with Crippen molar-refractivity contribution in [1.82, 2.24) is 19.2 Å². The van der Waals surface area contributed by atoms with Gasteiger partial charge in [0, 0.05) is 50.5 Å². The van der Waals surface area contributed by atoms with Gasteiger partial charge in [-0.3, -0.25) is 0 Å². The van der Waals surface area contributed by atoms with Gasteiger partial charge in [-0.1, -0.05) is 19.6 Å². The maximum atomic E-state index is 15.0. The fourth-order valence-electron chi connectivity index (χ4n) is 3.57. The lowest BCUT2D eigenvalue weighted by molar-refractivity contribution is 0.0600. The van der Waals surface area contributed by atoms with Gasteiger partial charge in [0.25, 0.3) is 0 Å². The van der Waals surface area contributed by atoms with Gasteiger partial charge in [-0.2, -0.15) is 4.39 Å². The lowest BCUT2D eigenvalue weighted by Crippen LogP contribution is -2.22. The quantitative estimate of drug-likeness (QED) is 0.184. The first-order valence-corrected chi connectivity index (χ1v) is 14.6. The van der Waals surface area contributed by atoms with Crippen molar-refractivity contribution in [3.8, 4) is 22.4 Å². The predicted molar refractivity (Wildman–Crippen MR) is 127 cm³/mol. The number of aromatic nitrogens is 4. The van der Waals surface area contributed by atoms with Crippen LogP contribution in [0, 0.1) is 17.6 Å². The van der Waals surface area contributed by atoms with Gasteiger partial charge in [0.15, 0.2) is 0 Å². The molecule has 0 saturated carbocycles. The Morgan fingerprint density at radius 2 is 1.86 bits per heavy atom. The molecular formula is C24H25F3N4O3Si. The van der Waals surface area contributed by atoms with E-state index in [0.717, 1.165) is 12.1 Å². The molecule has 0 N–H and O–H groups in total. The molecule has 0 aliphatic heterocycles. The van der Waals surface area contributed by atoms with Crippen LogP contribution in [-0.4, -0.2) is 46.9 Å². The number of pyridine rings is 1. The number of methoxy groups -OCH3 is 1. The van der Waals surface area contributed by atoms with Crippen LogP contribution in [0.1, 0.15) is 10.4 Å². The SMILES string of the molecule is COC(=O)c1ccn2cc(-c3c(F)cc(F)cc3-c3cn(COCC[Si](C)(C)C)nc3F)nc2c1. The van der Waals surface area contributed by atoms with E-state index in [9.17, 15) is 13.6 Å². The summed E-state index contributed by atoms with van der Waals surface area (Å²) in [4.78, 5) is 16.2. The summed E-state index contributed by atoms with van der Waals surface area (Å²) in [7, 11) is -0.0248. The molecule has 0 unspecified atom stereocenters. The number of hydrogen-bond acceptors (Lipinski definition) is 5. The van der Waals surface area contributed by atoms with Crippen LogP contribution in [0.4, 0.5) is 13.2 Å². The number of ether oxygens (including phenoxy) is 2. The van der Waals surface area contributed by atoms with Gasteiger partial charge in [-0.15, -0.1) is 5.10 Å². The van der Waals surface area contributed by atoms with E-state index < -0.39 is 31.6 Å². The molecule has 0 spiro atoms. The van der Waals surface area contributed by atoms with E-state index in [1.54, 1.807) is 10.6 Å². The van der Waals surface area contributed by atoms with Crippen molar-refractivity contribution in [1.29, 1.82) is 0 Å². The normalized spacial score (nSPS) is 11.9. The van der Waals surface area contributed by atoms with Gasteiger partial charge < -0.3 is 13.9 Å². The summed E-state index contributed by atoms with van der Waals surface area (Å²) >= 11 is 0. The maximum absolute atomic E-state index is 15.0. The predicted octanol–water partition coefficient (Wildman–Crippen LogP) is 5.38. The lowest BCUT2D eigenvalue weighted by Gasteiger charge is -2.15. The lowest BCUT2D eigenvalue weighted by atomic mass is 9.99. The van der Waals surface area contributed by atoms with Gasteiger partial charge in [-0.25, -0.2) is 23.2 Å². The second kappa shape index (κ2) is 9.66. The summed E-state index contributed by atoms with van der Waals surface area (Å²) < 4.78 is 57.2. The second-order valence-corrected chi connectivity index (χ2v) is 15.0. The number of imidazole rings is 1. The Morgan fingerprint density at radius 3 is 2.57 bits per heavy atom. The maximum Gasteiger partial charge on any atom is 0.338 e. The molecule has 0 saturated heterocycles. The molecule has 184 valence electrons. The highest BCUT2D eigenvalue weighted by Crippen LogP contribution is 2.36. The monoisotopic (exact) mass is 502 g/mol. The second-order valence-electron chi connectivity index (χ2n) is 9.33. The fraction of sp³-hybridized carbons (Fsp3) is 0.292. The third kappa shape index (κ3) is 5.46. The van der Waals surface area contributed by atoms with Crippen molar-refractivity contribution in [2.75, 3.05) is 13.7 Å². The number of benzene rings is 1. The third-order valence-electron chi connectivity index (χ3n) is 5.42. The Hall–Kier alpha value is -3.44. The van der Waals surface area contributed by atoms with Crippen LogP contribution >= 0.6 is 0 Å². The van der Waals surface area contributed by atoms with Gasteiger partial charge in [0.05, 0.1) is 23.9 Å². The van der Waals surface area contributed by atoms with Crippen LogP contribution < -0.4 is 0 Å². The van der Waals surface area contributed by atoms with Crippen LogP contribution in [0.2, 0.25) is 25.7 Å². The molecule has 0 amide bonds. The zero-order valence-electron chi connectivity index (χ0n) is 19.8. The minimum atomic E-state index is -1.28. The number of rotatable bonds is 8. The molecule has 7 nitrogen and oxygen atoms in total. The average molecular weight is 503 g/mol. The van der Waals surface area contributed by atoms with Crippen LogP contribution in [0.5, 0.6) is 0 Å². The molecule has 0 radical (unpaired) electrons.